The first-order chi connectivity index (χ1) is 9.42. The third kappa shape index (κ3) is 3.31. The number of fused-ring (bicyclic) bond motifs is 1. The average Bonchev–Trinajstić information content (AvgIpc) is 2.48. The zero-order chi connectivity index (χ0) is 12.9. The number of morpholine rings is 1. The summed E-state index contributed by atoms with van der Waals surface area (Å²) in [7, 11) is 0. The second-order valence-corrected chi connectivity index (χ2v) is 5.09. The highest BCUT2D eigenvalue weighted by Gasteiger charge is 2.09. The zero-order valence-corrected chi connectivity index (χ0v) is 11.2. The summed E-state index contributed by atoms with van der Waals surface area (Å²) in [5.41, 5.74) is 2.49. The molecular weight excluding hydrogens is 236 g/mol. The minimum Gasteiger partial charge on any atom is -0.379 e. The molecule has 0 N–H and O–H groups in total. The molecule has 0 saturated carbocycles. The van der Waals surface area contributed by atoms with Crippen molar-refractivity contribution in [2.45, 2.75) is 12.8 Å². The van der Waals surface area contributed by atoms with E-state index in [1.807, 2.05) is 12.3 Å². The molecule has 0 amide bonds. The van der Waals surface area contributed by atoms with Crippen molar-refractivity contribution < 1.29 is 4.74 Å². The third-order valence-corrected chi connectivity index (χ3v) is 3.71. The van der Waals surface area contributed by atoms with Crippen LogP contribution >= 0.6 is 0 Å². The molecule has 0 aliphatic carbocycles. The van der Waals surface area contributed by atoms with Crippen LogP contribution in [0.25, 0.3) is 10.9 Å². The maximum Gasteiger partial charge on any atom is 0.0704 e. The van der Waals surface area contributed by atoms with E-state index in [4.69, 9.17) is 4.74 Å². The molecule has 100 valence electrons. The Hall–Kier alpha value is -1.45. The van der Waals surface area contributed by atoms with Crippen LogP contribution in [0.15, 0.2) is 36.5 Å². The Morgan fingerprint density at radius 1 is 1.16 bits per heavy atom. The number of aromatic nitrogens is 1. The quantitative estimate of drug-likeness (QED) is 0.840. The third-order valence-electron chi connectivity index (χ3n) is 3.71. The van der Waals surface area contributed by atoms with Crippen LogP contribution in [-0.2, 0) is 11.2 Å². The van der Waals surface area contributed by atoms with Gasteiger partial charge in [0.25, 0.3) is 0 Å². The molecule has 1 saturated heterocycles. The number of hydrogen-bond donors (Lipinski definition) is 0. The van der Waals surface area contributed by atoms with Crippen molar-refractivity contribution in [2.75, 3.05) is 32.8 Å². The van der Waals surface area contributed by atoms with Crippen molar-refractivity contribution >= 4 is 10.9 Å². The van der Waals surface area contributed by atoms with Crippen LogP contribution in [0.3, 0.4) is 0 Å². The first-order valence-corrected chi connectivity index (χ1v) is 7.05. The van der Waals surface area contributed by atoms with Crippen LogP contribution in [0.2, 0.25) is 0 Å². The Kier molecular flexibility index (Phi) is 4.06. The number of rotatable bonds is 4. The van der Waals surface area contributed by atoms with Crippen molar-refractivity contribution in [3.05, 3.63) is 42.1 Å². The smallest absolute Gasteiger partial charge is 0.0704 e. The van der Waals surface area contributed by atoms with Crippen LogP contribution in [0.4, 0.5) is 0 Å². The molecule has 2 heterocycles. The molecule has 1 aliphatic heterocycles. The zero-order valence-electron chi connectivity index (χ0n) is 11.2. The Labute approximate surface area is 114 Å². The monoisotopic (exact) mass is 256 g/mol. The fourth-order valence-electron chi connectivity index (χ4n) is 2.60. The Morgan fingerprint density at radius 3 is 2.95 bits per heavy atom. The first kappa shape index (κ1) is 12.6. The van der Waals surface area contributed by atoms with Crippen LogP contribution in [0.1, 0.15) is 12.0 Å². The molecule has 3 heteroatoms. The summed E-state index contributed by atoms with van der Waals surface area (Å²) < 4.78 is 5.36. The van der Waals surface area contributed by atoms with E-state index in [-0.39, 0.29) is 0 Å². The summed E-state index contributed by atoms with van der Waals surface area (Å²) in [6.07, 6.45) is 4.20. The fourth-order valence-corrected chi connectivity index (χ4v) is 2.60. The molecule has 0 bridgehead atoms. The van der Waals surface area contributed by atoms with Gasteiger partial charge in [-0.1, -0.05) is 18.2 Å². The Morgan fingerprint density at radius 2 is 2.05 bits per heavy atom. The van der Waals surface area contributed by atoms with E-state index in [9.17, 15) is 0 Å². The predicted molar refractivity (Wildman–Crippen MR) is 77.3 cm³/mol. The standard InChI is InChI=1S/C16H20N2O/c1-4-15-6-5-14(13-16(15)17-7-1)3-2-8-18-9-11-19-12-10-18/h1,4-7,13H,2-3,8-12H2. The van der Waals surface area contributed by atoms with Gasteiger partial charge < -0.3 is 4.74 Å². The maximum absolute atomic E-state index is 5.36. The number of benzene rings is 1. The van der Waals surface area contributed by atoms with Gasteiger partial charge in [-0.25, -0.2) is 0 Å². The van der Waals surface area contributed by atoms with Gasteiger partial charge in [0, 0.05) is 24.7 Å². The van der Waals surface area contributed by atoms with Gasteiger partial charge in [-0.3, -0.25) is 9.88 Å². The number of aryl methyl sites for hydroxylation is 1. The predicted octanol–water partition coefficient (Wildman–Crippen LogP) is 2.50. The Balaban J connectivity index is 1.56. The summed E-state index contributed by atoms with van der Waals surface area (Å²) >= 11 is 0. The lowest BCUT2D eigenvalue weighted by atomic mass is 10.1. The highest BCUT2D eigenvalue weighted by molar-refractivity contribution is 5.78. The second-order valence-electron chi connectivity index (χ2n) is 5.09. The lowest BCUT2D eigenvalue weighted by molar-refractivity contribution is 0.0375. The second kappa shape index (κ2) is 6.13. The average molecular weight is 256 g/mol. The van der Waals surface area contributed by atoms with Gasteiger partial charge in [-0.05, 0) is 37.1 Å². The van der Waals surface area contributed by atoms with E-state index in [1.165, 1.54) is 23.9 Å². The molecule has 0 atom stereocenters. The summed E-state index contributed by atoms with van der Waals surface area (Å²) in [6.45, 7) is 5.11. The van der Waals surface area contributed by atoms with E-state index in [2.05, 4.69) is 34.1 Å². The van der Waals surface area contributed by atoms with E-state index in [0.29, 0.717) is 0 Å². The number of pyridine rings is 1. The minimum absolute atomic E-state index is 0.889. The topological polar surface area (TPSA) is 25.4 Å². The molecule has 3 nitrogen and oxygen atoms in total. The van der Waals surface area contributed by atoms with Gasteiger partial charge in [-0.2, -0.15) is 0 Å². The van der Waals surface area contributed by atoms with Crippen molar-refractivity contribution in [3.8, 4) is 0 Å². The molecule has 19 heavy (non-hydrogen) atoms. The van der Waals surface area contributed by atoms with Crippen molar-refractivity contribution in [1.29, 1.82) is 0 Å². The molecule has 0 radical (unpaired) electrons. The van der Waals surface area contributed by atoms with E-state index in [1.54, 1.807) is 0 Å². The molecule has 1 aromatic heterocycles. The summed E-state index contributed by atoms with van der Waals surface area (Å²) in [6, 6.07) is 10.7. The van der Waals surface area contributed by atoms with Crippen LogP contribution in [0.5, 0.6) is 0 Å². The number of nitrogens with zero attached hydrogens (tertiary/aromatic N) is 2. The van der Waals surface area contributed by atoms with Crippen molar-refractivity contribution in [1.82, 2.24) is 9.88 Å². The molecule has 2 aromatic rings. The minimum atomic E-state index is 0.889. The SMILES string of the molecule is c1cnc2cc(CCCN3CCOCC3)ccc2c1. The largest absolute Gasteiger partial charge is 0.379 e. The highest BCUT2D eigenvalue weighted by atomic mass is 16.5. The van der Waals surface area contributed by atoms with Crippen LogP contribution < -0.4 is 0 Å². The lowest BCUT2D eigenvalue weighted by Gasteiger charge is -2.26. The number of hydrogen-bond acceptors (Lipinski definition) is 3. The van der Waals surface area contributed by atoms with Gasteiger partial charge >= 0.3 is 0 Å². The summed E-state index contributed by atoms with van der Waals surface area (Å²) in [5, 5.41) is 1.22. The first-order valence-electron chi connectivity index (χ1n) is 7.05. The fraction of sp³-hybridized carbons (Fsp3) is 0.438. The van der Waals surface area contributed by atoms with E-state index >= 15 is 0 Å². The van der Waals surface area contributed by atoms with E-state index < -0.39 is 0 Å². The molecule has 1 aromatic carbocycles. The van der Waals surface area contributed by atoms with Gasteiger partial charge in [-0.15, -0.1) is 0 Å². The number of ether oxygens (including phenoxy) is 1. The van der Waals surface area contributed by atoms with Gasteiger partial charge in [0.2, 0.25) is 0 Å². The van der Waals surface area contributed by atoms with Crippen LogP contribution in [-0.4, -0.2) is 42.7 Å². The highest BCUT2D eigenvalue weighted by Crippen LogP contribution is 2.14. The van der Waals surface area contributed by atoms with Gasteiger partial charge in [0.1, 0.15) is 0 Å². The van der Waals surface area contributed by atoms with Crippen molar-refractivity contribution in [2.24, 2.45) is 0 Å². The van der Waals surface area contributed by atoms with Gasteiger partial charge in [0.15, 0.2) is 0 Å². The summed E-state index contributed by atoms with van der Waals surface area (Å²) in [4.78, 5) is 6.90. The molecule has 1 aliphatic rings. The maximum atomic E-state index is 5.36. The summed E-state index contributed by atoms with van der Waals surface area (Å²) in [5.74, 6) is 0. The van der Waals surface area contributed by atoms with Gasteiger partial charge in [0.05, 0.1) is 18.7 Å². The molecule has 3 rings (SSSR count). The van der Waals surface area contributed by atoms with Crippen molar-refractivity contribution in [3.63, 3.8) is 0 Å². The lowest BCUT2D eigenvalue weighted by Crippen LogP contribution is -2.36. The molecule has 0 spiro atoms. The Bertz CT molecular complexity index is 535. The molecular formula is C16H20N2O. The van der Waals surface area contributed by atoms with E-state index in [0.717, 1.165) is 38.2 Å². The van der Waals surface area contributed by atoms with Crippen LogP contribution in [0, 0.1) is 0 Å². The molecule has 0 unspecified atom stereocenters. The normalized spacial score (nSPS) is 16.8. The molecule has 1 fully saturated rings.